The highest BCUT2D eigenvalue weighted by Crippen LogP contribution is 2.16. The zero-order valence-electron chi connectivity index (χ0n) is 44.9. The van der Waals surface area contributed by atoms with Crippen molar-refractivity contribution in [1.29, 1.82) is 0 Å². The van der Waals surface area contributed by atoms with Gasteiger partial charge in [-0.2, -0.15) is 0 Å². The van der Waals surface area contributed by atoms with Gasteiger partial charge in [-0.3, -0.25) is 19.2 Å². The highest BCUT2D eigenvalue weighted by Gasteiger charge is 2.24. The van der Waals surface area contributed by atoms with Crippen LogP contribution >= 0.6 is 0 Å². The Balaban J connectivity index is 4.47. The first-order chi connectivity index (χ1) is 34.2. The number of amides is 3. The number of azide groups is 1. The van der Waals surface area contributed by atoms with E-state index in [0.717, 1.165) is 38.5 Å². The third-order valence-corrected chi connectivity index (χ3v) is 12.9. The lowest BCUT2D eigenvalue weighted by molar-refractivity contribution is -0.149. The van der Waals surface area contributed by atoms with Gasteiger partial charge in [-0.25, -0.2) is 4.79 Å². The summed E-state index contributed by atoms with van der Waals surface area (Å²) < 4.78 is 16.6. The van der Waals surface area contributed by atoms with E-state index in [1.807, 2.05) is 0 Å². The molecule has 0 spiro atoms. The summed E-state index contributed by atoms with van der Waals surface area (Å²) in [6.07, 6.45) is 42.9. The van der Waals surface area contributed by atoms with Crippen LogP contribution in [0.1, 0.15) is 271 Å². The number of carbonyl (C=O) groups is 5. The van der Waals surface area contributed by atoms with Gasteiger partial charge in [0.1, 0.15) is 12.8 Å². The number of rotatable bonds is 54. The highest BCUT2D eigenvalue weighted by molar-refractivity contribution is 5.85. The first-order valence-electron chi connectivity index (χ1n) is 28.7. The van der Waals surface area contributed by atoms with E-state index in [9.17, 15) is 24.0 Å². The monoisotopic (exact) mass is 992 g/mol. The van der Waals surface area contributed by atoms with Gasteiger partial charge < -0.3 is 35.9 Å². The first kappa shape index (κ1) is 66.6. The predicted octanol–water partition coefficient (Wildman–Crippen LogP) is 13.0. The average Bonchev–Trinajstić information content (AvgIpc) is 3.35. The molecule has 2 unspecified atom stereocenters. The Hall–Kier alpha value is -3.42. The maximum Gasteiger partial charge on any atom is 0.328 e. The standard InChI is InChI=1S/C55H105N7O8/c1-3-5-7-9-11-13-15-17-19-21-23-25-27-29-31-35-46-69-53(65)41-40-50(55(67)70-47-36-32-30-28-26-24-22-20-18-16-14-12-10-8-6-4-2)61-52(64)39-37-45-68-48-59-54(66)49(56)38-33-34-43-58-51(63)42-44-60-62-57/h49-50H,3-48,56H2,1-2H3,(H,58,63)(H,59,66)(H,61,64). The summed E-state index contributed by atoms with van der Waals surface area (Å²) in [7, 11) is 0. The topological polar surface area (TPSA) is 224 Å². The molecule has 0 bridgehead atoms. The molecule has 0 saturated carbocycles. The van der Waals surface area contributed by atoms with Gasteiger partial charge in [0.05, 0.1) is 19.3 Å². The lowest BCUT2D eigenvalue weighted by Crippen LogP contribution is -2.42. The summed E-state index contributed by atoms with van der Waals surface area (Å²) >= 11 is 0. The molecule has 2 atom stereocenters. The summed E-state index contributed by atoms with van der Waals surface area (Å²) in [5, 5.41) is 11.5. The Bertz CT molecular complexity index is 1300. The minimum Gasteiger partial charge on any atom is -0.466 e. The number of nitrogens with one attached hydrogen (secondary N) is 3. The van der Waals surface area contributed by atoms with Gasteiger partial charge in [0.25, 0.3) is 0 Å². The molecule has 0 heterocycles. The fourth-order valence-electron chi connectivity index (χ4n) is 8.40. The molecule has 0 aromatic heterocycles. The van der Waals surface area contributed by atoms with Crippen molar-refractivity contribution >= 4 is 29.7 Å². The van der Waals surface area contributed by atoms with Crippen molar-refractivity contribution in [2.45, 2.75) is 283 Å². The third-order valence-electron chi connectivity index (χ3n) is 12.9. The number of nitrogens with two attached hydrogens (primary N) is 1. The van der Waals surface area contributed by atoms with Crippen LogP contribution in [0.25, 0.3) is 10.4 Å². The molecule has 408 valence electrons. The van der Waals surface area contributed by atoms with Crippen LogP contribution in [0.3, 0.4) is 0 Å². The van der Waals surface area contributed by atoms with Crippen LogP contribution in [-0.4, -0.2) is 81.4 Å². The summed E-state index contributed by atoms with van der Waals surface area (Å²) in [5.41, 5.74) is 14.3. The molecule has 0 aliphatic carbocycles. The summed E-state index contributed by atoms with van der Waals surface area (Å²) in [5.74, 6) is -1.84. The Morgan fingerprint density at radius 1 is 0.500 bits per heavy atom. The van der Waals surface area contributed by atoms with Gasteiger partial charge in [-0.15, -0.1) is 0 Å². The third kappa shape index (κ3) is 48.2. The smallest absolute Gasteiger partial charge is 0.328 e. The Labute approximate surface area is 426 Å². The lowest BCUT2D eigenvalue weighted by Gasteiger charge is -2.18. The number of unbranched alkanes of at least 4 members (excludes halogenated alkanes) is 31. The number of esters is 2. The summed E-state index contributed by atoms with van der Waals surface area (Å²) in [4.78, 5) is 65.4. The average molecular weight is 992 g/mol. The van der Waals surface area contributed by atoms with Gasteiger partial charge in [0.2, 0.25) is 17.7 Å². The van der Waals surface area contributed by atoms with E-state index in [-0.39, 0.29) is 75.9 Å². The molecule has 0 saturated heterocycles. The molecule has 70 heavy (non-hydrogen) atoms. The minimum atomic E-state index is -0.959. The second kappa shape index (κ2) is 53.4. The van der Waals surface area contributed by atoms with Crippen LogP contribution in [-0.2, 0) is 38.2 Å². The lowest BCUT2D eigenvalue weighted by atomic mass is 10.0. The predicted molar refractivity (Wildman–Crippen MR) is 284 cm³/mol. The van der Waals surface area contributed by atoms with Gasteiger partial charge in [-0.1, -0.05) is 212 Å². The van der Waals surface area contributed by atoms with Gasteiger partial charge in [-0.05, 0) is 50.5 Å². The molecule has 0 fully saturated rings. The van der Waals surface area contributed by atoms with Gasteiger partial charge >= 0.3 is 11.9 Å². The zero-order valence-corrected chi connectivity index (χ0v) is 44.9. The van der Waals surface area contributed by atoms with E-state index in [2.05, 4.69) is 39.8 Å². The van der Waals surface area contributed by atoms with Crippen molar-refractivity contribution in [3.8, 4) is 0 Å². The van der Waals surface area contributed by atoms with E-state index in [1.54, 1.807) is 0 Å². The van der Waals surface area contributed by atoms with Crippen molar-refractivity contribution in [2.75, 3.05) is 39.6 Å². The van der Waals surface area contributed by atoms with Crippen molar-refractivity contribution in [2.24, 2.45) is 10.8 Å². The van der Waals surface area contributed by atoms with E-state index in [1.165, 1.54) is 167 Å². The largest absolute Gasteiger partial charge is 0.466 e. The van der Waals surface area contributed by atoms with Crippen LogP contribution in [0, 0.1) is 0 Å². The van der Waals surface area contributed by atoms with Crippen molar-refractivity contribution in [3.63, 3.8) is 0 Å². The molecule has 3 amide bonds. The SMILES string of the molecule is CCCCCCCCCCCCCCCCCCOC(=O)CCC(NC(=O)CCCOCNC(=O)C(N)CCCCNC(=O)CCN=[N+]=[N-])C(=O)OCCCCCCCCCCCCCCCCCC. The van der Waals surface area contributed by atoms with Crippen LogP contribution in [0.2, 0.25) is 0 Å². The number of hydrogen-bond donors (Lipinski definition) is 4. The van der Waals surface area contributed by atoms with Crippen LogP contribution < -0.4 is 21.7 Å². The summed E-state index contributed by atoms with van der Waals surface area (Å²) in [6, 6.07) is -1.69. The van der Waals surface area contributed by atoms with Crippen molar-refractivity contribution in [1.82, 2.24) is 16.0 Å². The van der Waals surface area contributed by atoms with Gasteiger partial charge in [0, 0.05) is 43.9 Å². The fourth-order valence-corrected chi connectivity index (χ4v) is 8.40. The molecular formula is C55H105N7O8. The van der Waals surface area contributed by atoms with Crippen LogP contribution in [0.15, 0.2) is 5.11 Å². The quantitative estimate of drug-likeness (QED) is 0.0113. The summed E-state index contributed by atoms with van der Waals surface area (Å²) in [6.45, 7) is 5.84. The maximum absolute atomic E-state index is 13.2. The number of carbonyl (C=O) groups excluding carboxylic acids is 5. The molecule has 0 radical (unpaired) electrons. The first-order valence-corrected chi connectivity index (χ1v) is 28.7. The van der Waals surface area contributed by atoms with E-state index < -0.39 is 18.1 Å². The number of ether oxygens (including phenoxy) is 3. The van der Waals surface area contributed by atoms with Gasteiger partial charge in [0.15, 0.2) is 0 Å². The number of hydrogen-bond acceptors (Lipinski definition) is 10. The molecule has 5 N–H and O–H groups in total. The molecule has 0 aliphatic rings. The molecular weight excluding hydrogens is 887 g/mol. The molecule has 0 aromatic rings. The second-order valence-electron chi connectivity index (χ2n) is 19.5. The Kier molecular flexibility index (Phi) is 50.8. The van der Waals surface area contributed by atoms with E-state index in [4.69, 9.17) is 25.5 Å². The second-order valence-corrected chi connectivity index (χ2v) is 19.5. The molecule has 15 nitrogen and oxygen atoms in total. The van der Waals surface area contributed by atoms with Crippen LogP contribution in [0.5, 0.6) is 0 Å². The minimum absolute atomic E-state index is 0.000393. The maximum atomic E-state index is 13.2. The normalized spacial score (nSPS) is 11.9. The molecule has 15 heteroatoms. The Morgan fingerprint density at radius 3 is 1.43 bits per heavy atom. The molecule has 0 aromatic carbocycles. The highest BCUT2D eigenvalue weighted by atomic mass is 16.5. The fraction of sp³-hybridized carbons (Fsp3) is 0.909. The number of nitrogens with zero attached hydrogens (tertiary/aromatic N) is 3. The van der Waals surface area contributed by atoms with Crippen molar-refractivity contribution < 1.29 is 38.2 Å². The van der Waals surface area contributed by atoms with E-state index in [0.29, 0.717) is 38.8 Å². The molecule has 0 aliphatic heterocycles. The molecule has 0 rings (SSSR count). The zero-order chi connectivity index (χ0) is 51.2. The van der Waals surface area contributed by atoms with Crippen LogP contribution in [0.4, 0.5) is 0 Å². The van der Waals surface area contributed by atoms with Crippen molar-refractivity contribution in [3.05, 3.63) is 10.4 Å². The van der Waals surface area contributed by atoms with E-state index >= 15 is 0 Å². The Morgan fingerprint density at radius 2 is 0.957 bits per heavy atom.